The van der Waals surface area contributed by atoms with Crippen LogP contribution < -0.4 is 20.3 Å². The molecule has 0 bridgehead atoms. The lowest BCUT2D eigenvalue weighted by Crippen LogP contribution is -2.40. The lowest BCUT2D eigenvalue weighted by Gasteiger charge is -2.32. The second-order valence-corrected chi connectivity index (χ2v) is 7.55. The summed E-state index contributed by atoms with van der Waals surface area (Å²) < 4.78 is 5.34. The first-order chi connectivity index (χ1) is 14.0. The van der Waals surface area contributed by atoms with E-state index in [9.17, 15) is 9.59 Å². The molecule has 0 saturated heterocycles. The van der Waals surface area contributed by atoms with Crippen LogP contribution in [0.2, 0.25) is 0 Å². The van der Waals surface area contributed by atoms with Gasteiger partial charge in [-0.1, -0.05) is 24.3 Å². The Kier molecular flexibility index (Phi) is 6.75. The second kappa shape index (κ2) is 9.45. The van der Waals surface area contributed by atoms with E-state index in [0.717, 1.165) is 42.0 Å². The molecular formula is C23H29N3O3. The number of nitrogens with one attached hydrogen (secondary N) is 2. The van der Waals surface area contributed by atoms with E-state index < -0.39 is 0 Å². The molecule has 3 rings (SSSR count). The Morgan fingerprint density at radius 3 is 2.69 bits per heavy atom. The quantitative estimate of drug-likeness (QED) is 0.756. The SMILES string of the molecule is COc1ccccc1CNC(=O)CN1CCCc2c(C(=O)NC(C)C)cccc21. The van der Waals surface area contributed by atoms with Crippen LogP contribution in [0.15, 0.2) is 42.5 Å². The minimum atomic E-state index is -0.0562. The van der Waals surface area contributed by atoms with Crippen molar-refractivity contribution in [2.45, 2.75) is 39.3 Å². The highest BCUT2D eigenvalue weighted by Gasteiger charge is 2.23. The first-order valence-electron chi connectivity index (χ1n) is 10.1. The number of fused-ring (bicyclic) bond motifs is 1. The summed E-state index contributed by atoms with van der Waals surface area (Å²) in [7, 11) is 1.62. The molecule has 2 N–H and O–H groups in total. The molecule has 0 radical (unpaired) electrons. The fourth-order valence-electron chi connectivity index (χ4n) is 3.69. The van der Waals surface area contributed by atoms with Crippen LogP contribution in [0.3, 0.4) is 0 Å². The van der Waals surface area contributed by atoms with E-state index in [1.165, 1.54) is 0 Å². The number of amides is 2. The summed E-state index contributed by atoms with van der Waals surface area (Å²) in [4.78, 5) is 27.2. The zero-order valence-electron chi connectivity index (χ0n) is 17.3. The Morgan fingerprint density at radius 2 is 1.93 bits per heavy atom. The molecule has 2 amide bonds. The number of para-hydroxylation sites is 1. The zero-order chi connectivity index (χ0) is 20.8. The first kappa shape index (κ1) is 20.7. The van der Waals surface area contributed by atoms with Gasteiger partial charge in [-0.05, 0) is 50.5 Å². The average molecular weight is 396 g/mol. The van der Waals surface area contributed by atoms with Crippen molar-refractivity contribution in [3.8, 4) is 5.75 Å². The maximum Gasteiger partial charge on any atom is 0.251 e. The van der Waals surface area contributed by atoms with E-state index in [2.05, 4.69) is 15.5 Å². The van der Waals surface area contributed by atoms with Gasteiger partial charge < -0.3 is 20.3 Å². The van der Waals surface area contributed by atoms with Gasteiger partial charge in [0.05, 0.1) is 13.7 Å². The maximum absolute atomic E-state index is 12.6. The van der Waals surface area contributed by atoms with Crippen LogP contribution in [0.1, 0.15) is 41.8 Å². The number of rotatable bonds is 7. The van der Waals surface area contributed by atoms with Crippen LogP contribution in [0, 0.1) is 0 Å². The minimum absolute atomic E-state index is 0.0548. The molecule has 6 heteroatoms. The van der Waals surface area contributed by atoms with Crippen molar-refractivity contribution in [2.75, 3.05) is 25.1 Å². The third-order valence-electron chi connectivity index (χ3n) is 5.01. The molecule has 0 aromatic heterocycles. The van der Waals surface area contributed by atoms with Crippen molar-refractivity contribution >= 4 is 17.5 Å². The predicted molar refractivity (Wildman–Crippen MR) is 114 cm³/mol. The molecule has 0 unspecified atom stereocenters. The highest BCUT2D eigenvalue weighted by Crippen LogP contribution is 2.30. The molecule has 1 heterocycles. The first-order valence-corrected chi connectivity index (χ1v) is 10.1. The number of benzene rings is 2. The summed E-state index contributed by atoms with van der Waals surface area (Å²) in [5.74, 6) is 0.650. The highest BCUT2D eigenvalue weighted by molar-refractivity contribution is 5.97. The van der Waals surface area contributed by atoms with Gasteiger partial charge >= 0.3 is 0 Å². The molecule has 29 heavy (non-hydrogen) atoms. The Labute approximate surface area is 172 Å². The lowest BCUT2D eigenvalue weighted by molar-refractivity contribution is -0.119. The van der Waals surface area contributed by atoms with Gasteiger partial charge in [0.15, 0.2) is 0 Å². The number of nitrogens with zero attached hydrogens (tertiary/aromatic N) is 1. The molecule has 0 spiro atoms. The van der Waals surface area contributed by atoms with Crippen molar-refractivity contribution in [1.82, 2.24) is 10.6 Å². The van der Waals surface area contributed by atoms with Crippen molar-refractivity contribution in [3.05, 3.63) is 59.2 Å². The third kappa shape index (κ3) is 5.08. The van der Waals surface area contributed by atoms with Gasteiger partial charge in [-0.25, -0.2) is 0 Å². The molecule has 2 aromatic carbocycles. The van der Waals surface area contributed by atoms with Crippen molar-refractivity contribution in [1.29, 1.82) is 0 Å². The van der Waals surface area contributed by atoms with E-state index in [1.807, 2.05) is 56.3 Å². The van der Waals surface area contributed by atoms with Crippen LogP contribution in [-0.2, 0) is 17.8 Å². The van der Waals surface area contributed by atoms with Crippen LogP contribution in [-0.4, -0.2) is 38.1 Å². The molecule has 2 aromatic rings. The smallest absolute Gasteiger partial charge is 0.251 e. The predicted octanol–water partition coefficient (Wildman–Crippen LogP) is 2.90. The fraction of sp³-hybridized carbons (Fsp3) is 0.391. The van der Waals surface area contributed by atoms with E-state index in [4.69, 9.17) is 4.74 Å². The molecule has 1 aliphatic heterocycles. The number of ether oxygens (including phenoxy) is 1. The van der Waals surface area contributed by atoms with E-state index in [0.29, 0.717) is 12.1 Å². The van der Waals surface area contributed by atoms with Gasteiger partial charge in [0.1, 0.15) is 5.75 Å². The molecule has 154 valence electrons. The minimum Gasteiger partial charge on any atom is -0.496 e. The summed E-state index contributed by atoms with van der Waals surface area (Å²) in [6.45, 7) is 5.37. The monoisotopic (exact) mass is 395 g/mol. The third-order valence-corrected chi connectivity index (χ3v) is 5.01. The van der Waals surface area contributed by atoms with E-state index >= 15 is 0 Å². The van der Waals surface area contributed by atoms with Crippen LogP contribution in [0.5, 0.6) is 5.75 Å². The lowest BCUT2D eigenvalue weighted by atomic mass is 9.95. The maximum atomic E-state index is 12.6. The van der Waals surface area contributed by atoms with Crippen molar-refractivity contribution in [3.63, 3.8) is 0 Å². The number of methoxy groups -OCH3 is 1. The summed E-state index contributed by atoms with van der Waals surface area (Å²) in [5.41, 5.74) is 3.64. The van der Waals surface area contributed by atoms with Gasteiger partial charge in [-0.3, -0.25) is 9.59 Å². The highest BCUT2D eigenvalue weighted by atomic mass is 16.5. The zero-order valence-corrected chi connectivity index (χ0v) is 17.3. The normalized spacial score (nSPS) is 13.0. The van der Waals surface area contributed by atoms with E-state index in [1.54, 1.807) is 7.11 Å². The van der Waals surface area contributed by atoms with Crippen LogP contribution in [0.4, 0.5) is 5.69 Å². The number of hydrogen-bond acceptors (Lipinski definition) is 4. The summed E-state index contributed by atoms with van der Waals surface area (Å²) in [6.07, 6.45) is 1.76. The second-order valence-electron chi connectivity index (χ2n) is 7.55. The van der Waals surface area contributed by atoms with Crippen molar-refractivity contribution in [2.24, 2.45) is 0 Å². The van der Waals surface area contributed by atoms with Gasteiger partial charge in [-0.2, -0.15) is 0 Å². The Balaban J connectivity index is 1.69. The van der Waals surface area contributed by atoms with Gasteiger partial charge in [0.2, 0.25) is 5.91 Å². The summed E-state index contributed by atoms with van der Waals surface area (Å²) in [5, 5.41) is 5.94. The van der Waals surface area contributed by atoms with Gasteiger partial charge in [0.25, 0.3) is 5.91 Å². The molecule has 0 fully saturated rings. The van der Waals surface area contributed by atoms with Crippen molar-refractivity contribution < 1.29 is 14.3 Å². The molecule has 0 aliphatic carbocycles. The Morgan fingerprint density at radius 1 is 1.14 bits per heavy atom. The van der Waals surface area contributed by atoms with Gasteiger partial charge in [-0.15, -0.1) is 0 Å². The molecule has 0 saturated carbocycles. The van der Waals surface area contributed by atoms with Gasteiger partial charge in [0, 0.05) is 35.9 Å². The Hall–Kier alpha value is -3.02. The average Bonchev–Trinajstić information content (AvgIpc) is 2.71. The largest absolute Gasteiger partial charge is 0.496 e. The number of carbonyl (C=O) groups is 2. The van der Waals surface area contributed by atoms with Crippen LogP contribution >= 0.6 is 0 Å². The number of carbonyl (C=O) groups excluding carboxylic acids is 2. The van der Waals surface area contributed by atoms with Crippen LogP contribution in [0.25, 0.3) is 0 Å². The molecule has 0 atom stereocenters. The summed E-state index contributed by atoms with van der Waals surface area (Å²) in [6, 6.07) is 13.5. The fourth-order valence-corrected chi connectivity index (χ4v) is 3.69. The Bertz CT molecular complexity index is 879. The standard InChI is InChI=1S/C23H29N3O3/c1-16(2)25-23(28)19-9-6-11-20-18(19)10-7-13-26(20)15-22(27)24-14-17-8-4-5-12-21(17)29-3/h4-6,8-9,11-12,16H,7,10,13-15H2,1-3H3,(H,24,27)(H,25,28). The van der Waals surface area contributed by atoms with E-state index in [-0.39, 0.29) is 24.4 Å². The number of anilines is 1. The topological polar surface area (TPSA) is 70.7 Å². The number of hydrogen-bond donors (Lipinski definition) is 2. The molecular weight excluding hydrogens is 366 g/mol. The molecule has 6 nitrogen and oxygen atoms in total. The molecule has 1 aliphatic rings. The summed E-state index contributed by atoms with van der Waals surface area (Å²) >= 11 is 0.